The zero-order valence-electron chi connectivity index (χ0n) is 24.9. The van der Waals surface area contributed by atoms with Crippen LogP contribution in [0.25, 0.3) is 22.2 Å². The number of benzene rings is 2. The van der Waals surface area contributed by atoms with E-state index in [1.54, 1.807) is 37.4 Å². The van der Waals surface area contributed by atoms with Crippen molar-refractivity contribution >= 4 is 34.5 Å². The predicted molar refractivity (Wildman–Crippen MR) is 165 cm³/mol. The molecule has 230 valence electrons. The maximum absolute atomic E-state index is 12.7. The largest absolute Gasteiger partial charge is 0.495 e. The Labute approximate surface area is 254 Å². The van der Waals surface area contributed by atoms with Crippen LogP contribution >= 0.6 is 0 Å². The SMILES string of the molecule is CNC(=O)c1ccc(-c2c[nH]c3nc(Nc4ccc(C(=O)NC5COC5)cc4OC)nc(O[C@H]4CC[C@@](C)(O)CC4)c23)cc1. The third-order valence-corrected chi connectivity index (χ3v) is 8.16. The van der Waals surface area contributed by atoms with Crippen molar-refractivity contribution in [3.63, 3.8) is 0 Å². The molecule has 12 nitrogen and oxygen atoms in total. The van der Waals surface area contributed by atoms with Gasteiger partial charge in [0.2, 0.25) is 11.8 Å². The molecule has 0 atom stereocenters. The van der Waals surface area contributed by atoms with Crippen molar-refractivity contribution in [3.8, 4) is 22.8 Å². The number of rotatable bonds is 9. The van der Waals surface area contributed by atoms with Gasteiger partial charge in [-0.15, -0.1) is 0 Å². The lowest BCUT2D eigenvalue weighted by Gasteiger charge is -2.33. The van der Waals surface area contributed by atoms with E-state index in [0.717, 1.165) is 11.1 Å². The number of aromatic nitrogens is 3. The number of methoxy groups -OCH3 is 1. The first-order valence-electron chi connectivity index (χ1n) is 14.7. The van der Waals surface area contributed by atoms with Crippen molar-refractivity contribution in [2.45, 2.75) is 50.4 Å². The first kappa shape index (κ1) is 29.4. The number of nitrogens with one attached hydrogen (secondary N) is 4. The maximum atomic E-state index is 12.7. The molecule has 12 heteroatoms. The fraction of sp³-hybridized carbons (Fsp3) is 0.375. The average Bonchev–Trinajstić information content (AvgIpc) is 3.44. The molecule has 6 rings (SSSR count). The van der Waals surface area contributed by atoms with Crippen LogP contribution in [0.5, 0.6) is 11.6 Å². The van der Waals surface area contributed by atoms with Crippen molar-refractivity contribution in [3.05, 3.63) is 59.8 Å². The minimum absolute atomic E-state index is 0.0135. The summed E-state index contributed by atoms with van der Waals surface area (Å²) in [5.41, 5.74) is 3.15. The number of anilines is 2. The van der Waals surface area contributed by atoms with Crippen LogP contribution in [0.1, 0.15) is 53.3 Å². The number of aromatic amines is 1. The first-order valence-corrected chi connectivity index (χ1v) is 14.7. The van der Waals surface area contributed by atoms with Crippen LogP contribution in [0.15, 0.2) is 48.7 Å². The molecule has 2 aromatic carbocycles. The van der Waals surface area contributed by atoms with E-state index in [9.17, 15) is 14.7 Å². The second-order valence-corrected chi connectivity index (χ2v) is 11.5. The summed E-state index contributed by atoms with van der Waals surface area (Å²) < 4.78 is 17.3. The average molecular weight is 601 g/mol. The Hall–Kier alpha value is -4.68. The van der Waals surface area contributed by atoms with Gasteiger partial charge in [0, 0.05) is 29.9 Å². The number of hydrogen-bond donors (Lipinski definition) is 5. The van der Waals surface area contributed by atoms with Gasteiger partial charge < -0.3 is 40.3 Å². The molecule has 5 N–H and O–H groups in total. The van der Waals surface area contributed by atoms with E-state index in [4.69, 9.17) is 24.2 Å². The zero-order chi connectivity index (χ0) is 30.8. The first-order chi connectivity index (χ1) is 21.2. The smallest absolute Gasteiger partial charge is 0.251 e. The van der Waals surface area contributed by atoms with Gasteiger partial charge in [-0.1, -0.05) is 12.1 Å². The van der Waals surface area contributed by atoms with Gasteiger partial charge in [0.05, 0.1) is 43.0 Å². The lowest BCUT2D eigenvalue weighted by Crippen LogP contribution is -2.48. The predicted octanol–water partition coefficient (Wildman–Crippen LogP) is 3.94. The van der Waals surface area contributed by atoms with Gasteiger partial charge in [0.1, 0.15) is 17.5 Å². The molecule has 0 bridgehead atoms. The van der Waals surface area contributed by atoms with Gasteiger partial charge in [0.25, 0.3) is 11.8 Å². The monoisotopic (exact) mass is 600 g/mol. The Bertz CT molecular complexity index is 1670. The van der Waals surface area contributed by atoms with E-state index < -0.39 is 5.60 Å². The molecule has 2 aliphatic rings. The van der Waals surface area contributed by atoms with Crippen LogP contribution in [0, 0.1) is 0 Å². The molecule has 0 radical (unpaired) electrons. The molecule has 0 unspecified atom stereocenters. The quantitative estimate of drug-likeness (QED) is 0.192. The normalized spacial score (nSPS) is 20.0. The molecule has 1 aliphatic heterocycles. The highest BCUT2D eigenvalue weighted by Gasteiger charge is 2.31. The van der Waals surface area contributed by atoms with E-state index in [2.05, 4.69) is 20.9 Å². The summed E-state index contributed by atoms with van der Waals surface area (Å²) in [6.45, 7) is 2.87. The van der Waals surface area contributed by atoms with Crippen LogP contribution in [0.4, 0.5) is 11.6 Å². The summed E-state index contributed by atoms with van der Waals surface area (Å²) in [6.07, 6.45) is 4.34. The van der Waals surface area contributed by atoms with E-state index in [0.29, 0.717) is 78.4 Å². The second-order valence-electron chi connectivity index (χ2n) is 11.5. The third-order valence-electron chi connectivity index (χ3n) is 8.16. The van der Waals surface area contributed by atoms with E-state index in [1.807, 2.05) is 25.3 Å². The summed E-state index contributed by atoms with van der Waals surface area (Å²) >= 11 is 0. The number of nitrogens with zero attached hydrogens (tertiary/aromatic N) is 2. The Morgan fingerprint density at radius 3 is 2.43 bits per heavy atom. The minimum atomic E-state index is -0.704. The second kappa shape index (κ2) is 12.1. The summed E-state index contributed by atoms with van der Waals surface area (Å²) in [5.74, 6) is 0.759. The van der Waals surface area contributed by atoms with Gasteiger partial charge in [-0.3, -0.25) is 9.59 Å². The van der Waals surface area contributed by atoms with Crippen molar-refractivity contribution in [1.29, 1.82) is 0 Å². The van der Waals surface area contributed by atoms with E-state index in [-0.39, 0.29) is 29.9 Å². The molecule has 0 spiro atoms. The molecule has 44 heavy (non-hydrogen) atoms. The molecule has 1 aliphatic carbocycles. The number of fused-ring (bicyclic) bond motifs is 1. The van der Waals surface area contributed by atoms with Gasteiger partial charge in [-0.25, -0.2) is 0 Å². The number of aliphatic hydroxyl groups is 1. The fourth-order valence-electron chi connectivity index (χ4n) is 5.45. The molecule has 2 fully saturated rings. The van der Waals surface area contributed by atoms with Crippen LogP contribution in [0.2, 0.25) is 0 Å². The van der Waals surface area contributed by atoms with E-state index >= 15 is 0 Å². The van der Waals surface area contributed by atoms with Crippen molar-refractivity contribution in [1.82, 2.24) is 25.6 Å². The summed E-state index contributed by atoms with van der Waals surface area (Å²) in [4.78, 5) is 37.5. The molecular formula is C32H36N6O6. The lowest BCUT2D eigenvalue weighted by molar-refractivity contribution is -0.0114. The number of hydrogen-bond acceptors (Lipinski definition) is 9. The zero-order valence-corrected chi connectivity index (χ0v) is 24.9. The van der Waals surface area contributed by atoms with Crippen molar-refractivity contribution in [2.75, 3.05) is 32.7 Å². The highest BCUT2D eigenvalue weighted by atomic mass is 16.5. The number of carbonyl (C=O) groups excluding carboxylic acids is 2. The topological polar surface area (TPSA) is 160 Å². The summed E-state index contributed by atoms with van der Waals surface area (Å²) in [5, 5.41) is 20.0. The molecule has 2 aromatic heterocycles. The van der Waals surface area contributed by atoms with Gasteiger partial charge in [-0.05, 0) is 68.5 Å². The molecule has 3 heterocycles. The third kappa shape index (κ3) is 6.17. The summed E-state index contributed by atoms with van der Waals surface area (Å²) in [6, 6.07) is 12.4. The Kier molecular flexibility index (Phi) is 8.11. The van der Waals surface area contributed by atoms with Crippen molar-refractivity contribution in [2.24, 2.45) is 0 Å². The highest BCUT2D eigenvalue weighted by molar-refractivity contribution is 5.99. The minimum Gasteiger partial charge on any atom is -0.495 e. The molecule has 1 saturated carbocycles. The maximum Gasteiger partial charge on any atom is 0.251 e. The Balaban J connectivity index is 1.33. The van der Waals surface area contributed by atoms with Gasteiger partial charge in [0.15, 0.2) is 0 Å². The number of carbonyl (C=O) groups is 2. The Morgan fingerprint density at radius 2 is 1.77 bits per heavy atom. The molecule has 1 saturated heterocycles. The van der Waals surface area contributed by atoms with Crippen LogP contribution in [-0.4, -0.2) is 77.0 Å². The fourth-order valence-corrected chi connectivity index (χ4v) is 5.45. The van der Waals surface area contributed by atoms with Crippen LogP contribution in [-0.2, 0) is 4.74 Å². The van der Waals surface area contributed by atoms with Crippen LogP contribution in [0.3, 0.4) is 0 Å². The van der Waals surface area contributed by atoms with Gasteiger partial charge >= 0.3 is 0 Å². The summed E-state index contributed by atoms with van der Waals surface area (Å²) in [7, 11) is 3.13. The molecule has 2 amide bonds. The molecule has 4 aromatic rings. The van der Waals surface area contributed by atoms with Crippen LogP contribution < -0.4 is 25.4 Å². The molecular weight excluding hydrogens is 564 g/mol. The number of ether oxygens (including phenoxy) is 3. The van der Waals surface area contributed by atoms with Gasteiger partial charge in [-0.2, -0.15) is 9.97 Å². The van der Waals surface area contributed by atoms with Crippen molar-refractivity contribution < 1.29 is 28.9 Å². The lowest BCUT2D eigenvalue weighted by atomic mass is 9.85. The number of amides is 2. The number of H-pyrrole nitrogens is 1. The standard InChI is InChI=1S/C32H36N6O6/c1-32(41)12-10-22(11-13-32)44-30-26-23(18-4-6-19(7-5-18)28(39)33-2)15-34-27(26)37-31(38-30)36-24-9-8-20(14-25(24)42-3)29(40)35-21-16-43-17-21/h4-9,14-15,21-22,41H,10-13,16-17H2,1-3H3,(H,33,39)(H,35,40)(H2,34,36,37,38)/t22-,32+. The highest BCUT2D eigenvalue weighted by Crippen LogP contribution is 2.38. The Morgan fingerprint density at radius 1 is 1.05 bits per heavy atom. The van der Waals surface area contributed by atoms with E-state index in [1.165, 1.54) is 7.11 Å².